The minimum Gasteiger partial charge on any atom is -0.491 e. The fourth-order valence-electron chi connectivity index (χ4n) is 4.03. The Bertz CT molecular complexity index is 514. The summed E-state index contributed by atoms with van der Waals surface area (Å²) in [7, 11) is 0. The van der Waals surface area contributed by atoms with Crippen molar-refractivity contribution >= 4 is 0 Å². The molecule has 0 N–H and O–H groups in total. The highest BCUT2D eigenvalue weighted by Gasteiger charge is 2.41. The van der Waals surface area contributed by atoms with Crippen molar-refractivity contribution in [2.45, 2.75) is 70.8 Å². The molecule has 0 saturated heterocycles. The van der Waals surface area contributed by atoms with Crippen molar-refractivity contribution in [3.8, 4) is 11.5 Å². The smallest absolute Gasteiger partial charge is 0.207 e. The number of hydrogen-bond acceptors (Lipinski definition) is 2. The van der Waals surface area contributed by atoms with Gasteiger partial charge in [0.2, 0.25) is 5.82 Å². The normalized spacial score (nSPS) is 26.2. The van der Waals surface area contributed by atoms with Gasteiger partial charge in [0.1, 0.15) is 6.10 Å². The lowest BCUT2D eigenvalue weighted by Crippen LogP contribution is -2.28. The summed E-state index contributed by atoms with van der Waals surface area (Å²) >= 11 is 0. The molecule has 3 heteroatoms. The molecular formula is C19H27FO2. The Morgan fingerprint density at radius 2 is 2.09 bits per heavy atom. The highest BCUT2D eigenvalue weighted by Crippen LogP contribution is 2.50. The van der Waals surface area contributed by atoms with E-state index < -0.39 is 0 Å². The average Bonchev–Trinajstić information content (AvgIpc) is 2.89. The number of rotatable bonds is 6. The molecule has 1 aliphatic carbocycles. The van der Waals surface area contributed by atoms with Gasteiger partial charge in [0.25, 0.3) is 0 Å². The summed E-state index contributed by atoms with van der Waals surface area (Å²) in [5.74, 6) is 1.59. The van der Waals surface area contributed by atoms with Crippen molar-refractivity contribution < 1.29 is 13.9 Å². The van der Waals surface area contributed by atoms with E-state index in [9.17, 15) is 4.39 Å². The van der Waals surface area contributed by atoms with E-state index in [0.29, 0.717) is 24.0 Å². The van der Waals surface area contributed by atoms with Crippen molar-refractivity contribution in [1.82, 2.24) is 0 Å². The molecule has 1 fully saturated rings. The Morgan fingerprint density at radius 1 is 1.23 bits per heavy atom. The van der Waals surface area contributed by atoms with Gasteiger partial charge in [-0.2, -0.15) is 4.39 Å². The van der Waals surface area contributed by atoms with Crippen LogP contribution < -0.4 is 9.47 Å². The third-order valence-electron chi connectivity index (χ3n) is 5.18. The zero-order valence-electron chi connectivity index (χ0n) is 13.7. The van der Waals surface area contributed by atoms with Crippen LogP contribution in [0.5, 0.6) is 11.5 Å². The first kappa shape index (κ1) is 15.6. The number of halogens is 1. The average molecular weight is 306 g/mol. The van der Waals surface area contributed by atoms with Crippen LogP contribution in [0.25, 0.3) is 0 Å². The zero-order valence-corrected chi connectivity index (χ0v) is 13.7. The molecule has 0 amide bonds. The van der Waals surface area contributed by atoms with Gasteiger partial charge in [-0.1, -0.05) is 38.7 Å². The Hall–Kier alpha value is -1.25. The molecule has 2 nitrogen and oxygen atoms in total. The Labute approximate surface area is 133 Å². The number of ether oxygens (including phenoxy) is 2. The monoisotopic (exact) mass is 306 g/mol. The molecule has 1 aliphatic heterocycles. The number of fused-ring (bicyclic) bond motifs is 3. The van der Waals surface area contributed by atoms with Crippen molar-refractivity contribution in [1.29, 1.82) is 0 Å². The SMILES string of the molecule is CCCCCC1CC[C@H]2c3ccc(OCC)c(F)c3OC2C1. The molecule has 122 valence electrons. The maximum atomic E-state index is 14.5. The minimum absolute atomic E-state index is 0.168. The van der Waals surface area contributed by atoms with Crippen LogP contribution in [0, 0.1) is 11.7 Å². The van der Waals surface area contributed by atoms with Crippen molar-refractivity contribution in [3.63, 3.8) is 0 Å². The highest BCUT2D eigenvalue weighted by molar-refractivity contribution is 5.48. The maximum absolute atomic E-state index is 14.5. The summed E-state index contributed by atoms with van der Waals surface area (Å²) in [6.45, 7) is 4.59. The molecule has 2 unspecified atom stereocenters. The van der Waals surface area contributed by atoms with E-state index in [0.717, 1.165) is 24.3 Å². The van der Waals surface area contributed by atoms with Crippen LogP contribution in [-0.4, -0.2) is 12.7 Å². The second-order valence-electron chi connectivity index (χ2n) is 6.67. The van der Waals surface area contributed by atoms with E-state index in [1.165, 1.54) is 32.1 Å². The van der Waals surface area contributed by atoms with Gasteiger partial charge in [-0.05, 0) is 38.2 Å². The van der Waals surface area contributed by atoms with Crippen LogP contribution in [0.15, 0.2) is 12.1 Å². The number of benzene rings is 1. The van der Waals surface area contributed by atoms with Crippen LogP contribution in [-0.2, 0) is 0 Å². The van der Waals surface area contributed by atoms with Gasteiger partial charge in [0.05, 0.1) is 6.61 Å². The summed E-state index contributed by atoms with van der Waals surface area (Å²) in [6, 6.07) is 3.77. The second-order valence-corrected chi connectivity index (χ2v) is 6.67. The van der Waals surface area contributed by atoms with Crippen molar-refractivity contribution in [3.05, 3.63) is 23.5 Å². The first-order valence-corrected chi connectivity index (χ1v) is 8.86. The molecule has 22 heavy (non-hydrogen) atoms. The van der Waals surface area contributed by atoms with E-state index in [1.54, 1.807) is 6.07 Å². The molecule has 1 aromatic carbocycles. The Balaban J connectivity index is 1.69. The molecule has 2 aliphatic rings. The zero-order chi connectivity index (χ0) is 15.5. The van der Waals surface area contributed by atoms with Gasteiger partial charge in [-0.3, -0.25) is 0 Å². The first-order chi connectivity index (χ1) is 10.7. The molecule has 0 aromatic heterocycles. The predicted molar refractivity (Wildman–Crippen MR) is 86.2 cm³/mol. The van der Waals surface area contributed by atoms with Gasteiger partial charge in [0, 0.05) is 11.5 Å². The summed E-state index contributed by atoms with van der Waals surface area (Å²) in [5, 5.41) is 0. The predicted octanol–water partition coefficient (Wildman–Crippen LogP) is 5.45. The molecule has 0 spiro atoms. The summed E-state index contributed by atoms with van der Waals surface area (Å²) in [6.07, 6.45) is 8.82. The third kappa shape index (κ3) is 2.95. The van der Waals surface area contributed by atoms with E-state index >= 15 is 0 Å². The van der Waals surface area contributed by atoms with Gasteiger partial charge in [0.15, 0.2) is 11.5 Å². The maximum Gasteiger partial charge on any atom is 0.207 e. The lowest BCUT2D eigenvalue weighted by Gasteiger charge is -2.30. The van der Waals surface area contributed by atoms with Gasteiger partial charge in [-0.25, -0.2) is 0 Å². The standard InChI is InChI=1S/C19H27FO2/c1-3-5-6-7-13-8-9-14-15-10-11-16(21-4-2)18(20)19(15)22-17(14)12-13/h10-11,13-14,17H,3-9,12H2,1-2H3/t13?,14-,17?/m0/s1. The molecule has 3 atom stereocenters. The molecule has 3 rings (SSSR count). The van der Waals surface area contributed by atoms with Crippen molar-refractivity contribution in [2.75, 3.05) is 6.61 Å². The number of hydrogen-bond donors (Lipinski definition) is 0. The number of unbranched alkanes of at least 4 members (excludes halogenated alkanes) is 2. The van der Waals surface area contributed by atoms with Gasteiger partial charge in [-0.15, -0.1) is 0 Å². The fourth-order valence-corrected chi connectivity index (χ4v) is 4.03. The Kier molecular flexibility index (Phi) is 4.90. The minimum atomic E-state index is -0.309. The van der Waals surface area contributed by atoms with Crippen LogP contribution >= 0.6 is 0 Å². The summed E-state index contributed by atoms with van der Waals surface area (Å²) < 4.78 is 25.9. The molecule has 1 aromatic rings. The summed E-state index contributed by atoms with van der Waals surface area (Å²) in [5.41, 5.74) is 1.05. The van der Waals surface area contributed by atoms with E-state index in [1.807, 2.05) is 13.0 Å². The van der Waals surface area contributed by atoms with Crippen LogP contribution in [0.2, 0.25) is 0 Å². The molecular weight excluding hydrogens is 279 g/mol. The van der Waals surface area contributed by atoms with E-state index in [2.05, 4.69) is 6.92 Å². The van der Waals surface area contributed by atoms with Crippen molar-refractivity contribution in [2.24, 2.45) is 5.92 Å². The second kappa shape index (κ2) is 6.89. The van der Waals surface area contributed by atoms with Crippen LogP contribution in [0.3, 0.4) is 0 Å². The van der Waals surface area contributed by atoms with E-state index in [-0.39, 0.29) is 11.9 Å². The highest BCUT2D eigenvalue weighted by atomic mass is 19.1. The fraction of sp³-hybridized carbons (Fsp3) is 0.684. The topological polar surface area (TPSA) is 18.5 Å². The summed E-state index contributed by atoms with van der Waals surface area (Å²) in [4.78, 5) is 0. The van der Waals surface area contributed by atoms with E-state index in [4.69, 9.17) is 9.47 Å². The molecule has 1 saturated carbocycles. The lowest BCUT2D eigenvalue weighted by molar-refractivity contribution is 0.121. The largest absolute Gasteiger partial charge is 0.491 e. The van der Waals surface area contributed by atoms with Gasteiger partial charge < -0.3 is 9.47 Å². The Morgan fingerprint density at radius 3 is 2.86 bits per heavy atom. The first-order valence-electron chi connectivity index (χ1n) is 8.86. The van der Waals surface area contributed by atoms with Crippen LogP contribution in [0.1, 0.15) is 70.3 Å². The van der Waals surface area contributed by atoms with Gasteiger partial charge >= 0.3 is 0 Å². The third-order valence-corrected chi connectivity index (χ3v) is 5.18. The quantitative estimate of drug-likeness (QED) is 0.651. The van der Waals surface area contributed by atoms with Crippen LogP contribution in [0.4, 0.5) is 4.39 Å². The molecule has 0 radical (unpaired) electrons. The molecule has 0 bridgehead atoms. The molecule has 1 heterocycles. The lowest BCUT2D eigenvalue weighted by atomic mass is 9.76.